The van der Waals surface area contributed by atoms with E-state index in [-0.39, 0.29) is 0 Å². The maximum atomic E-state index is 10.2. The molecule has 17 heavy (non-hydrogen) atoms. The van der Waals surface area contributed by atoms with Gasteiger partial charge in [-0.2, -0.15) is 0 Å². The highest BCUT2D eigenvalue weighted by atomic mass is 32.1. The van der Waals surface area contributed by atoms with Crippen molar-refractivity contribution in [2.24, 2.45) is 0 Å². The molecular formula is C13H12O3S. The third-order valence-electron chi connectivity index (χ3n) is 2.69. The Kier molecular flexibility index (Phi) is 2.74. The normalized spacial score (nSPS) is 15.6. The van der Waals surface area contributed by atoms with Gasteiger partial charge in [0.1, 0.15) is 19.3 Å². The molecule has 0 bridgehead atoms. The van der Waals surface area contributed by atoms with Crippen LogP contribution in [0.4, 0.5) is 0 Å². The molecule has 1 atom stereocenters. The van der Waals surface area contributed by atoms with Crippen LogP contribution in [0.15, 0.2) is 35.7 Å². The minimum absolute atomic E-state index is 0.561. The van der Waals surface area contributed by atoms with E-state index in [4.69, 9.17) is 9.47 Å². The first-order valence-corrected chi connectivity index (χ1v) is 6.33. The molecule has 0 saturated heterocycles. The Morgan fingerprint density at radius 1 is 1.12 bits per heavy atom. The number of benzene rings is 1. The summed E-state index contributed by atoms with van der Waals surface area (Å²) in [7, 11) is 0. The Morgan fingerprint density at radius 3 is 2.71 bits per heavy atom. The lowest BCUT2D eigenvalue weighted by atomic mass is 10.1. The van der Waals surface area contributed by atoms with E-state index >= 15 is 0 Å². The highest BCUT2D eigenvalue weighted by molar-refractivity contribution is 7.10. The van der Waals surface area contributed by atoms with Gasteiger partial charge in [0, 0.05) is 4.88 Å². The summed E-state index contributed by atoms with van der Waals surface area (Å²) >= 11 is 1.54. The molecule has 88 valence electrons. The predicted molar refractivity (Wildman–Crippen MR) is 65.8 cm³/mol. The number of hydrogen-bond acceptors (Lipinski definition) is 4. The third-order valence-corrected chi connectivity index (χ3v) is 3.62. The van der Waals surface area contributed by atoms with Crippen LogP contribution in [0.2, 0.25) is 0 Å². The van der Waals surface area contributed by atoms with Gasteiger partial charge < -0.3 is 14.6 Å². The molecule has 2 heterocycles. The van der Waals surface area contributed by atoms with Crippen molar-refractivity contribution in [1.29, 1.82) is 0 Å². The molecule has 1 aliphatic heterocycles. The van der Waals surface area contributed by atoms with Gasteiger partial charge in [0.2, 0.25) is 0 Å². The molecular weight excluding hydrogens is 236 g/mol. The van der Waals surface area contributed by atoms with Crippen molar-refractivity contribution in [3.8, 4) is 11.5 Å². The molecule has 2 aromatic rings. The average molecular weight is 248 g/mol. The van der Waals surface area contributed by atoms with Gasteiger partial charge in [-0.05, 0) is 29.1 Å². The third kappa shape index (κ3) is 2.01. The molecule has 1 aromatic carbocycles. The first-order valence-electron chi connectivity index (χ1n) is 5.45. The van der Waals surface area contributed by atoms with Gasteiger partial charge in [-0.25, -0.2) is 0 Å². The van der Waals surface area contributed by atoms with Gasteiger partial charge >= 0.3 is 0 Å². The van der Waals surface area contributed by atoms with Crippen LogP contribution in [0, 0.1) is 0 Å². The van der Waals surface area contributed by atoms with Gasteiger partial charge in [-0.3, -0.25) is 0 Å². The Bertz CT molecular complexity index is 507. The van der Waals surface area contributed by atoms with E-state index in [2.05, 4.69) is 0 Å². The van der Waals surface area contributed by atoms with E-state index in [0.29, 0.717) is 19.0 Å². The Labute approximate surface area is 103 Å². The topological polar surface area (TPSA) is 38.7 Å². The van der Waals surface area contributed by atoms with Gasteiger partial charge in [0.25, 0.3) is 0 Å². The Balaban J connectivity index is 1.93. The van der Waals surface area contributed by atoms with Gasteiger partial charge in [0.05, 0.1) is 0 Å². The SMILES string of the molecule is O[C@@H](c1ccc2c(c1)OCCO2)c1cccs1. The van der Waals surface area contributed by atoms with Crippen LogP contribution in [-0.4, -0.2) is 18.3 Å². The summed E-state index contributed by atoms with van der Waals surface area (Å²) in [6, 6.07) is 9.42. The zero-order valence-electron chi connectivity index (χ0n) is 9.13. The Hall–Kier alpha value is -1.52. The predicted octanol–water partition coefficient (Wildman–Crippen LogP) is 2.60. The molecule has 0 saturated carbocycles. The maximum Gasteiger partial charge on any atom is 0.161 e. The first-order chi connectivity index (χ1) is 8.34. The second-order valence-electron chi connectivity index (χ2n) is 3.82. The van der Waals surface area contributed by atoms with Gasteiger partial charge in [-0.15, -0.1) is 11.3 Å². The summed E-state index contributed by atoms with van der Waals surface area (Å²) in [6.45, 7) is 1.14. The zero-order valence-corrected chi connectivity index (χ0v) is 9.94. The molecule has 1 aromatic heterocycles. The molecule has 0 fully saturated rings. The van der Waals surface area contributed by atoms with Gasteiger partial charge in [0.15, 0.2) is 11.5 Å². The number of thiophene rings is 1. The van der Waals surface area contributed by atoms with E-state index in [0.717, 1.165) is 16.2 Å². The quantitative estimate of drug-likeness (QED) is 0.887. The van der Waals surface area contributed by atoms with E-state index in [1.165, 1.54) is 0 Å². The Morgan fingerprint density at radius 2 is 1.94 bits per heavy atom. The van der Waals surface area contributed by atoms with Crippen LogP contribution in [0.25, 0.3) is 0 Å². The number of aliphatic hydroxyl groups excluding tert-OH is 1. The highest BCUT2D eigenvalue weighted by Crippen LogP contribution is 2.35. The molecule has 0 aliphatic carbocycles. The molecule has 0 unspecified atom stereocenters. The number of fused-ring (bicyclic) bond motifs is 1. The highest BCUT2D eigenvalue weighted by Gasteiger charge is 2.16. The van der Waals surface area contributed by atoms with Crippen molar-refractivity contribution in [1.82, 2.24) is 0 Å². The molecule has 3 rings (SSSR count). The summed E-state index contributed by atoms with van der Waals surface area (Å²) < 4.78 is 10.9. The standard InChI is InChI=1S/C13H12O3S/c14-13(12-2-1-7-17-12)9-3-4-10-11(8-9)16-6-5-15-10/h1-4,7-8,13-14H,5-6H2/t13-/m0/s1. The molecule has 3 nitrogen and oxygen atoms in total. The second-order valence-corrected chi connectivity index (χ2v) is 4.80. The summed E-state index contributed by atoms with van der Waals surface area (Å²) in [5.41, 5.74) is 0.830. The van der Waals surface area contributed by atoms with Crippen LogP contribution < -0.4 is 9.47 Å². The summed E-state index contributed by atoms with van der Waals surface area (Å²) in [5.74, 6) is 1.46. The summed E-state index contributed by atoms with van der Waals surface area (Å²) in [5, 5.41) is 12.2. The van der Waals surface area contributed by atoms with Crippen LogP contribution in [0.1, 0.15) is 16.5 Å². The van der Waals surface area contributed by atoms with Crippen molar-refractivity contribution >= 4 is 11.3 Å². The number of aliphatic hydroxyl groups is 1. The lowest BCUT2D eigenvalue weighted by Gasteiger charge is -2.20. The van der Waals surface area contributed by atoms with E-state index in [1.54, 1.807) is 11.3 Å². The molecule has 0 spiro atoms. The monoisotopic (exact) mass is 248 g/mol. The molecule has 1 aliphatic rings. The fraction of sp³-hybridized carbons (Fsp3) is 0.231. The summed E-state index contributed by atoms with van der Waals surface area (Å²) in [4.78, 5) is 0.932. The minimum atomic E-state index is -0.592. The first kappa shape index (κ1) is 10.6. The van der Waals surface area contributed by atoms with E-state index < -0.39 is 6.10 Å². The summed E-state index contributed by atoms with van der Waals surface area (Å²) in [6.07, 6.45) is -0.592. The molecule has 0 amide bonds. The largest absolute Gasteiger partial charge is 0.486 e. The number of ether oxygens (including phenoxy) is 2. The van der Waals surface area contributed by atoms with Crippen molar-refractivity contribution < 1.29 is 14.6 Å². The maximum absolute atomic E-state index is 10.2. The second kappa shape index (κ2) is 4.39. The molecule has 4 heteroatoms. The molecule has 1 N–H and O–H groups in total. The lowest BCUT2D eigenvalue weighted by molar-refractivity contribution is 0.170. The van der Waals surface area contributed by atoms with Crippen LogP contribution in [0.3, 0.4) is 0 Å². The van der Waals surface area contributed by atoms with Crippen molar-refractivity contribution in [2.75, 3.05) is 13.2 Å². The van der Waals surface area contributed by atoms with E-state index in [1.807, 2.05) is 35.7 Å². The van der Waals surface area contributed by atoms with Crippen molar-refractivity contribution in [2.45, 2.75) is 6.10 Å². The smallest absolute Gasteiger partial charge is 0.161 e. The van der Waals surface area contributed by atoms with Crippen LogP contribution >= 0.6 is 11.3 Å². The van der Waals surface area contributed by atoms with Crippen LogP contribution in [0.5, 0.6) is 11.5 Å². The van der Waals surface area contributed by atoms with E-state index in [9.17, 15) is 5.11 Å². The fourth-order valence-corrected chi connectivity index (χ4v) is 2.58. The average Bonchev–Trinajstić information content (AvgIpc) is 2.91. The number of rotatable bonds is 2. The van der Waals surface area contributed by atoms with Crippen molar-refractivity contribution in [3.63, 3.8) is 0 Å². The van der Waals surface area contributed by atoms with Gasteiger partial charge in [-0.1, -0.05) is 12.1 Å². The minimum Gasteiger partial charge on any atom is -0.486 e. The molecule has 0 radical (unpaired) electrons. The number of hydrogen-bond donors (Lipinski definition) is 1. The zero-order chi connectivity index (χ0) is 11.7. The van der Waals surface area contributed by atoms with Crippen LogP contribution in [-0.2, 0) is 0 Å². The van der Waals surface area contributed by atoms with Crippen molar-refractivity contribution in [3.05, 3.63) is 46.2 Å². The lowest BCUT2D eigenvalue weighted by Crippen LogP contribution is -2.15. The fourth-order valence-electron chi connectivity index (χ4n) is 1.84.